The van der Waals surface area contributed by atoms with Crippen molar-refractivity contribution in [1.82, 2.24) is 20.1 Å². The zero-order chi connectivity index (χ0) is 18.6. The van der Waals surface area contributed by atoms with E-state index in [0.29, 0.717) is 12.1 Å². The van der Waals surface area contributed by atoms with Gasteiger partial charge in [0.2, 0.25) is 5.91 Å². The molecule has 1 fully saturated rings. The third-order valence-corrected chi connectivity index (χ3v) is 5.12. The molecule has 4 rings (SSSR count). The Balaban J connectivity index is 1.61. The minimum Gasteiger partial charge on any atom is -0.334 e. The lowest BCUT2D eigenvalue weighted by Gasteiger charge is -2.36. The number of nitrogens with zero attached hydrogens (tertiary/aromatic N) is 3. The van der Waals surface area contributed by atoms with E-state index in [4.69, 9.17) is 0 Å². The normalized spacial score (nSPS) is 17.1. The standard InChI is InChI=1S/C21H21FN4O/c22-18-6-2-1-5-16(18)13-20(27)26-12-4-3-7-19(26)21-17(14-24-25-21)15-8-10-23-11-9-15/h1-2,5-6,8-11,14,19H,3-4,7,12-13H2,(H,24,25). The molecule has 3 aromatic rings. The van der Waals surface area contributed by atoms with E-state index >= 15 is 0 Å². The van der Waals surface area contributed by atoms with Crippen molar-refractivity contribution in [2.24, 2.45) is 0 Å². The molecule has 1 amide bonds. The Morgan fingerprint density at radius 3 is 2.81 bits per heavy atom. The molecule has 0 bridgehead atoms. The Bertz CT molecular complexity index is 925. The zero-order valence-electron chi connectivity index (χ0n) is 14.9. The molecule has 1 aliphatic heterocycles. The van der Waals surface area contributed by atoms with Crippen molar-refractivity contribution in [1.29, 1.82) is 0 Å². The van der Waals surface area contributed by atoms with Gasteiger partial charge in [-0.2, -0.15) is 5.10 Å². The van der Waals surface area contributed by atoms with Crippen LogP contribution in [0.1, 0.15) is 36.6 Å². The Kier molecular flexibility index (Phi) is 4.96. The number of carbonyl (C=O) groups excluding carboxylic acids is 1. The molecule has 6 heteroatoms. The molecule has 1 N–H and O–H groups in total. The third-order valence-electron chi connectivity index (χ3n) is 5.12. The number of aromatic amines is 1. The molecule has 3 heterocycles. The first-order valence-electron chi connectivity index (χ1n) is 9.20. The number of nitrogens with one attached hydrogen (secondary N) is 1. The van der Waals surface area contributed by atoms with Gasteiger partial charge in [-0.3, -0.25) is 14.9 Å². The topological polar surface area (TPSA) is 61.9 Å². The van der Waals surface area contributed by atoms with Gasteiger partial charge in [-0.15, -0.1) is 0 Å². The van der Waals surface area contributed by atoms with Gasteiger partial charge in [-0.1, -0.05) is 18.2 Å². The van der Waals surface area contributed by atoms with Crippen LogP contribution in [0.2, 0.25) is 0 Å². The maximum Gasteiger partial charge on any atom is 0.227 e. The molecule has 1 aliphatic rings. The van der Waals surface area contributed by atoms with E-state index in [0.717, 1.165) is 36.1 Å². The van der Waals surface area contributed by atoms with Crippen LogP contribution in [0.5, 0.6) is 0 Å². The van der Waals surface area contributed by atoms with Crippen LogP contribution in [0.25, 0.3) is 11.1 Å². The largest absolute Gasteiger partial charge is 0.334 e. The molecule has 0 spiro atoms. The van der Waals surface area contributed by atoms with Crippen molar-refractivity contribution < 1.29 is 9.18 Å². The molecule has 0 radical (unpaired) electrons. The van der Waals surface area contributed by atoms with Crippen LogP contribution >= 0.6 is 0 Å². The number of rotatable bonds is 4. The highest BCUT2D eigenvalue weighted by atomic mass is 19.1. The minimum atomic E-state index is -0.335. The number of aromatic nitrogens is 3. The average molecular weight is 364 g/mol. The van der Waals surface area contributed by atoms with Crippen molar-refractivity contribution in [2.75, 3.05) is 6.54 Å². The first-order chi connectivity index (χ1) is 13.2. The molecule has 1 aromatic carbocycles. The van der Waals surface area contributed by atoms with Crippen LogP contribution < -0.4 is 0 Å². The van der Waals surface area contributed by atoms with Crippen molar-refractivity contribution >= 4 is 5.91 Å². The van der Waals surface area contributed by atoms with Gasteiger partial charge >= 0.3 is 0 Å². The number of hydrogen-bond donors (Lipinski definition) is 1. The molecule has 1 atom stereocenters. The highest BCUT2D eigenvalue weighted by Gasteiger charge is 2.31. The number of likely N-dealkylation sites (tertiary alicyclic amines) is 1. The van der Waals surface area contributed by atoms with E-state index in [2.05, 4.69) is 15.2 Å². The van der Waals surface area contributed by atoms with Gasteiger partial charge in [0, 0.05) is 24.5 Å². The molecule has 27 heavy (non-hydrogen) atoms. The summed E-state index contributed by atoms with van der Waals surface area (Å²) in [4.78, 5) is 18.9. The van der Waals surface area contributed by atoms with E-state index in [-0.39, 0.29) is 24.2 Å². The van der Waals surface area contributed by atoms with Gasteiger partial charge < -0.3 is 4.90 Å². The summed E-state index contributed by atoms with van der Waals surface area (Å²) < 4.78 is 14.0. The van der Waals surface area contributed by atoms with E-state index in [9.17, 15) is 9.18 Å². The lowest BCUT2D eigenvalue weighted by Crippen LogP contribution is -2.39. The number of amides is 1. The molecule has 1 saturated heterocycles. The van der Waals surface area contributed by atoms with Crippen molar-refractivity contribution in [3.05, 3.63) is 72.1 Å². The Labute approximate surface area is 157 Å². The van der Waals surface area contributed by atoms with Crippen molar-refractivity contribution in [3.63, 3.8) is 0 Å². The van der Waals surface area contributed by atoms with Gasteiger partial charge in [-0.05, 0) is 48.6 Å². The monoisotopic (exact) mass is 364 g/mol. The number of carbonyl (C=O) groups is 1. The third kappa shape index (κ3) is 3.60. The summed E-state index contributed by atoms with van der Waals surface area (Å²) in [7, 11) is 0. The second-order valence-electron chi connectivity index (χ2n) is 6.80. The molecule has 2 aromatic heterocycles. The molecule has 0 saturated carbocycles. The first kappa shape index (κ1) is 17.4. The molecular formula is C21H21FN4O. The number of H-pyrrole nitrogens is 1. The predicted molar refractivity (Wildman–Crippen MR) is 100 cm³/mol. The fraction of sp³-hybridized carbons (Fsp3) is 0.286. The second kappa shape index (κ2) is 7.70. The molecule has 5 nitrogen and oxygen atoms in total. The summed E-state index contributed by atoms with van der Waals surface area (Å²) in [6.45, 7) is 0.673. The number of piperidine rings is 1. The summed E-state index contributed by atoms with van der Waals surface area (Å²) in [5, 5.41) is 7.32. The van der Waals surface area contributed by atoms with E-state index in [1.54, 1.807) is 36.8 Å². The Morgan fingerprint density at radius 2 is 2.00 bits per heavy atom. The van der Waals surface area contributed by atoms with E-state index < -0.39 is 0 Å². The summed E-state index contributed by atoms with van der Waals surface area (Å²) in [5.41, 5.74) is 3.36. The lowest BCUT2D eigenvalue weighted by atomic mass is 9.94. The Morgan fingerprint density at radius 1 is 1.19 bits per heavy atom. The highest BCUT2D eigenvalue weighted by Crippen LogP contribution is 2.35. The fourth-order valence-corrected chi connectivity index (χ4v) is 3.75. The summed E-state index contributed by atoms with van der Waals surface area (Å²) >= 11 is 0. The van der Waals surface area contributed by atoms with Gasteiger partial charge in [-0.25, -0.2) is 4.39 Å². The van der Waals surface area contributed by atoms with Crippen LogP contribution in [0.4, 0.5) is 4.39 Å². The summed E-state index contributed by atoms with van der Waals surface area (Å²) in [5.74, 6) is -0.390. The molecular weight excluding hydrogens is 343 g/mol. The molecule has 0 aliphatic carbocycles. The van der Waals surface area contributed by atoms with Crippen LogP contribution in [-0.4, -0.2) is 32.5 Å². The number of pyridine rings is 1. The SMILES string of the molecule is O=C(Cc1ccccc1F)N1CCCCC1c1[nH]ncc1-c1ccncc1. The van der Waals surface area contributed by atoms with E-state index in [1.165, 1.54) is 6.07 Å². The summed E-state index contributed by atoms with van der Waals surface area (Å²) in [6, 6.07) is 10.3. The smallest absolute Gasteiger partial charge is 0.227 e. The minimum absolute atomic E-state index is 0.0555. The average Bonchev–Trinajstić information content (AvgIpc) is 3.20. The quantitative estimate of drug-likeness (QED) is 0.764. The van der Waals surface area contributed by atoms with Gasteiger partial charge in [0.1, 0.15) is 5.82 Å². The number of benzene rings is 1. The predicted octanol–water partition coefficient (Wildman–Crippen LogP) is 3.91. The van der Waals surface area contributed by atoms with Crippen LogP contribution in [0.15, 0.2) is 55.0 Å². The van der Waals surface area contributed by atoms with Crippen molar-refractivity contribution in [2.45, 2.75) is 31.7 Å². The number of hydrogen-bond acceptors (Lipinski definition) is 3. The van der Waals surface area contributed by atoms with Gasteiger partial charge in [0.25, 0.3) is 0 Å². The molecule has 138 valence electrons. The lowest BCUT2D eigenvalue weighted by molar-refractivity contribution is -0.134. The van der Waals surface area contributed by atoms with Crippen LogP contribution in [0.3, 0.4) is 0 Å². The van der Waals surface area contributed by atoms with E-state index in [1.807, 2.05) is 17.0 Å². The maximum atomic E-state index is 14.0. The van der Waals surface area contributed by atoms with Gasteiger partial charge in [0.05, 0.1) is 24.4 Å². The first-order valence-corrected chi connectivity index (χ1v) is 9.20. The zero-order valence-corrected chi connectivity index (χ0v) is 14.9. The Hall–Kier alpha value is -3.02. The van der Waals surface area contributed by atoms with Crippen LogP contribution in [-0.2, 0) is 11.2 Å². The maximum absolute atomic E-state index is 14.0. The summed E-state index contributed by atoms with van der Waals surface area (Å²) in [6.07, 6.45) is 8.22. The second-order valence-corrected chi connectivity index (χ2v) is 6.80. The fourth-order valence-electron chi connectivity index (χ4n) is 3.75. The highest BCUT2D eigenvalue weighted by molar-refractivity contribution is 5.80. The van der Waals surface area contributed by atoms with Crippen molar-refractivity contribution in [3.8, 4) is 11.1 Å². The van der Waals surface area contributed by atoms with Crippen LogP contribution in [0, 0.1) is 5.82 Å². The number of halogens is 1. The van der Waals surface area contributed by atoms with Gasteiger partial charge in [0.15, 0.2) is 0 Å². The molecule has 1 unspecified atom stereocenters.